The predicted octanol–water partition coefficient (Wildman–Crippen LogP) is 0.585. The molecule has 1 heterocycles. The van der Waals surface area contributed by atoms with Crippen molar-refractivity contribution in [1.29, 1.82) is 0 Å². The highest BCUT2D eigenvalue weighted by Crippen LogP contribution is 2.15. The predicted molar refractivity (Wildman–Crippen MR) is 68.5 cm³/mol. The molecule has 0 radical (unpaired) electrons. The zero-order valence-corrected chi connectivity index (χ0v) is 11.3. The number of urea groups is 1. The van der Waals surface area contributed by atoms with Crippen LogP contribution in [0.25, 0.3) is 0 Å². The number of aliphatic carboxylic acids is 1. The van der Waals surface area contributed by atoms with Crippen molar-refractivity contribution in [3.8, 4) is 0 Å². The highest BCUT2D eigenvalue weighted by Gasteiger charge is 2.30. The van der Waals surface area contributed by atoms with E-state index in [-0.39, 0.29) is 6.03 Å². The van der Waals surface area contributed by atoms with Crippen LogP contribution in [0.2, 0.25) is 0 Å². The number of carboxylic acid groups (broad SMARTS) is 1. The molecule has 2 amide bonds. The first-order valence-corrected chi connectivity index (χ1v) is 6.51. The fourth-order valence-electron chi connectivity index (χ4n) is 2.30. The molecule has 6 heteroatoms. The lowest BCUT2D eigenvalue weighted by molar-refractivity contribution is -0.138. The summed E-state index contributed by atoms with van der Waals surface area (Å²) in [6, 6.07) is -0.726. The van der Waals surface area contributed by atoms with Crippen LogP contribution >= 0.6 is 0 Å². The van der Waals surface area contributed by atoms with Gasteiger partial charge in [-0.2, -0.15) is 0 Å². The van der Waals surface area contributed by atoms with Gasteiger partial charge in [0.05, 0.1) is 0 Å². The quantitative estimate of drug-likeness (QED) is 0.756. The lowest BCUT2D eigenvalue weighted by atomic mass is 10.2. The molecule has 6 nitrogen and oxygen atoms in total. The monoisotopic (exact) mass is 257 g/mol. The van der Waals surface area contributed by atoms with Crippen molar-refractivity contribution in [3.05, 3.63) is 0 Å². The molecule has 0 aromatic heterocycles. The van der Waals surface area contributed by atoms with E-state index in [1.807, 2.05) is 0 Å². The first-order chi connectivity index (χ1) is 8.49. The molecule has 104 valence electrons. The second-order valence-corrected chi connectivity index (χ2v) is 4.62. The van der Waals surface area contributed by atoms with Crippen LogP contribution in [0.1, 0.15) is 27.2 Å². The summed E-state index contributed by atoms with van der Waals surface area (Å²) in [7, 11) is 0. The molecule has 1 aliphatic rings. The number of carbonyl (C=O) groups excluding carboxylic acids is 1. The number of amides is 2. The number of hydrogen-bond acceptors (Lipinski definition) is 3. The summed E-state index contributed by atoms with van der Waals surface area (Å²) in [5, 5.41) is 11.2. The third-order valence-corrected chi connectivity index (χ3v) is 3.49. The van der Waals surface area contributed by atoms with Crippen LogP contribution in [-0.2, 0) is 4.79 Å². The summed E-state index contributed by atoms with van der Waals surface area (Å²) in [5.74, 6) is -1.01. The standard InChI is InChI=1S/C12H23N3O3/c1-4-14(5-2)10-6-7-15(8-10)12(18)13-9(3)11(16)17/h9-10H,4-8H2,1-3H3,(H,13,18)(H,16,17)/t9-,10?/m0/s1. The molecule has 2 atom stereocenters. The van der Waals surface area contributed by atoms with Gasteiger partial charge in [-0.3, -0.25) is 9.69 Å². The van der Waals surface area contributed by atoms with E-state index in [1.165, 1.54) is 6.92 Å². The lowest BCUT2D eigenvalue weighted by Gasteiger charge is -2.26. The lowest BCUT2D eigenvalue weighted by Crippen LogP contribution is -2.47. The van der Waals surface area contributed by atoms with E-state index in [1.54, 1.807) is 4.90 Å². The molecule has 18 heavy (non-hydrogen) atoms. The Morgan fingerprint density at radius 1 is 1.44 bits per heavy atom. The minimum absolute atomic E-state index is 0.278. The zero-order chi connectivity index (χ0) is 13.7. The molecule has 0 aliphatic carbocycles. The molecule has 1 unspecified atom stereocenters. The smallest absolute Gasteiger partial charge is 0.325 e. The molecular weight excluding hydrogens is 234 g/mol. The summed E-state index contributed by atoms with van der Waals surface area (Å²) in [4.78, 5) is 26.5. The van der Waals surface area contributed by atoms with Crippen molar-refractivity contribution in [2.24, 2.45) is 0 Å². The van der Waals surface area contributed by atoms with E-state index in [0.717, 1.165) is 19.5 Å². The number of likely N-dealkylation sites (N-methyl/N-ethyl adjacent to an activating group) is 1. The van der Waals surface area contributed by atoms with Crippen molar-refractivity contribution in [1.82, 2.24) is 15.1 Å². The van der Waals surface area contributed by atoms with E-state index in [9.17, 15) is 9.59 Å². The van der Waals surface area contributed by atoms with E-state index in [0.29, 0.717) is 19.1 Å². The Hall–Kier alpha value is -1.30. The first-order valence-electron chi connectivity index (χ1n) is 6.51. The van der Waals surface area contributed by atoms with Gasteiger partial charge in [-0.25, -0.2) is 4.79 Å². The SMILES string of the molecule is CCN(CC)C1CCN(C(=O)N[C@@H](C)C(=O)O)C1. The Morgan fingerprint density at radius 3 is 2.56 bits per heavy atom. The summed E-state index contributed by atoms with van der Waals surface area (Å²) in [6.07, 6.45) is 0.955. The molecule has 1 fully saturated rings. The number of nitrogens with one attached hydrogen (secondary N) is 1. The van der Waals surface area contributed by atoms with Crippen LogP contribution in [0.3, 0.4) is 0 Å². The van der Waals surface area contributed by atoms with Gasteiger partial charge in [0.1, 0.15) is 6.04 Å². The van der Waals surface area contributed by atoms with Gasteiger partial charge in [0.25, 0.3) is 0 Å². The van der Waals surface area contributed by atoms with Gasteiger partial charge in [-0.05, 0) is 26.4 Å². The number of nitrogens with zero attached hydrogens (tertiary/aromatic N) is 2. The minimum atomic E-state index is -1.01. The Kier molecular flexibility index (Phi) is 5.40. The molecule has 0 saturated carbocycles. The third kappa shape index (κ3) is 3.60. The molecular formula is C12H23N3O3. The van der Waals surface area contributed by atoms with Crippen LogP contribution in [0.15, 0.2) is 0 Å². The van der Waals surface area contributed by atoms with Gasteiger partial charge in [0, 0.05) is 19.1 Å². The average molecular weight is 257 g/mol. The van der Waals surface area contributed by atoms with Crippen LogP contribution in [0.5, 0.6) is 0 Å². The Labute approximate surface area is 108 Å². The van der Waals surface area contributed by atoms with Gasteiger partial charge in [0.15, 0.2) is 0 Å². The van der Waals surface area contributed by atoms with E-state index >= 15 is 0 Å². The van der Waals surface area contributed by atoms with Crippen LogP contribution in [0.4, 0.5) is 4.79 Å². The fourth-order valence-corrected chi connectivity index (χ4v) is 2.30. The maximum atomic E-state index is 11.8. The van der Waals surface area contributed by atoms with Gasteiger partial charge in [0.2, 0.25) is 0 Å². The summed E-state index contributed by atoms with van der Waals surface area (Å²) >= 11 is 0. The molecule has 0 spiro atoms. The molecule has 1 rings (SSSR count). The van der Waals surface area contributed by atoms with Crippen molar-refractivity contribution in [3.63, 3.8) is 0 Å². The molecule has 0 bridgehead atoms. The Balaban J connectivity index is 2.46. The first kappa shape index (κ1) is 14.8. The van der Waals surface area contributed by atoms with Crippen molar-refractivity contribution < 1.29 is 14.7 Å². The maximum absolute atomic E-state index is 11.8. The average Bonchev–Trinajstić information content (AvgIpc) is 2.80. The van der Waals surface area contributed by atoms with Crippen LogP contribution in [0, 0.1) is 0 Å². The number of carbonyl (C=O) groups is 2. The summed E-state index contributed by atoms with van der Waals surface area (Å²) in [5.41, 5.74) is 0. The maximum Gasteiger partial charge on any atom is 0.325 e. The zero-order valence-electron chi connectivity index (χ0n) is 11.3. The van der Waals surface area contributed by atoms with Crippen LogP contribution in [-0.4, -0.2) is 65.2 Å². The largest absolute Gasteiger partial charge is 0.480 e. The molecule has 0 aromatic rings. The normalized spacial score (nSPS) is 21.1. The highest BCUT2D eigenvalue weighted by molar-refractivity contribution is 5.82. The summed E-state index contributed by atoms with van der Waals surface area (Å²) < 4.78 is 0. The van der Waals surface area contributed by atoms with E-state index in [2.05, 4.69) is 24.1 Å². The topological polar surface area (TPSA) is 72.9 Å². The van der Waals surface area contributed by atoms with E-state index in [4.69, 9.17) is 5.11 Å². The number of carboxylic acids is 1. The molecule has 2 N–H and O–H groups in total. The molecule has 1 saturated heterocycles. The summed E-state index contributed by atoms with van der Waals surface area (Å²) in [6.45, 7) is 9.01. The number of rotatable bonds is 5. The fraction of sp³-hybridized carbons (Fsp3) is 0.833. The van der Waals surface area contributed by atoms with Crippen molar-refractivity contribution >= 4 is 12.0 Å². The van der Waals surface area contributed by atoms with Gasteiger partial charge in [-0.1, -0.05) is 13.8 Å². The van der Waals surface area contributed by atoms with Crippen molar-refractivity contribution in [2.75, 3.05) is 26.2 Å². The minimum Gasteiger partial charge on any atom is -0.480 e. The Morgan fingerprint density at radius 2 is 2.06 bits per heavy atom. The van der Waals surface area contributed by atoms with Crippen LogP contribution < -0.4 is 5.32 Å². The van der Waals surface area contributed by atoms with E-state index < -0.39 is 12.0 Å². The van der Waals surface area contributed by atoms with Gasteiger partial charge < -0.3 is 15.3 Å². The second-order valence-electron chi connectivity index (χ2n) is 4.62. The highest BCUT2D eigenvalue weighted by atomic mass is 16.4. The van der Waals surface area contributed by atoms with Gasteiger partial charge >= 0.3 is 12.0 Å². The number of likely N-dealkylation sites (tertiary alicyclic amines) is 1. The number of hydrogen-bond donors (Lipinski definition) is 2. The molecule has 1 aliphatic heterocycles. The Bertz CT molecular complexity index is 305. The third-order valence-electron chi connectivity index (χ3n) is 3.49. The van der Waals surface area contributed by atoms with Crippen molar-refractivity contribution in [2.45, 2.75) is 39.3 Å². The van der Waals surface area contributed by atoms with Gasteiger partial charge in [-0.15, -0.1) is 0 Å². The molecule has 0 aromatic carbocycles. The second kappa shape index (κ2) is 6.58.